The highest BCUT2D eigenvalue weighted by molar-refractivity contribution is 5.85. The topological polar surface area (TPSA) is 49.6 Å². The third-order valence-corrected chi connectivity index (χ3v) is 3.44. The van der Waals surface area contributed by atoms with Crippen molar-refractivity contribution in [2.45, 2.75) is 32.2 Å². The molecule has 1 fully saturated rings. The van der Waals surface area contributed by atoms with Crippen LogP contribution in [-0.2, 0) is 4.79 Å². The first kappa shape index (κ1) is 20.4. The van der Waals surface area contributed by atoms with E-state index in [-0.39, 0.29) is 50.4 Å². The summed E-state index contributed by atoms with van der Waals surface area (Å²) in [5.74, 6) is -4.25. The van der Waals surface area contributed by atoms with Gasteiger partial charge in [-0.2, -0.15) is 8.78 Å². The van der Waals surface area contributed by atoms with E-state index in [2.05, 4.69) is 0 Å². The fourth-order valence-corrected chi connectivity index (χ4v) is 1.99. The maximum atomic E-state index is 12.9. The number of rotatable bonds is 5. The number of carbonyl (C=O) groups is 1. The van der Waals surface area contributed by atoms with Gasteiger partial charge in [-0.15, -0.1) is 12.4 Å². The smallest absolute Gasteiger partial charge is 0.319 e. The van der Waals surface area contributed by atoms with Gasteiger partial charge in [0.1, 0.15) is 0 Å². The highest BCUT2D eigenvalue weighted by Crippen LogP contribution is 2.24. The van der Waals surface area contributed by atoms with Crippen LogP contribution in [0, 0.1) is 5.92 Å². The number of nitrogens with zero attached hydrogens (tertiary/aromatic N) is 2. The molecular weight excluding hydrogens is 314 g/mol. The number of carbonyl (C=O) groups excluding carboxylic acids is 1. The van der Waals surface area contributed by atoms with E-state index in [0.717, 1.165) is 0 Å². The number of nitrogens with two attached hydrogens (primary N) is 1. The van der Waals surface area contributed by atoms with Crippen LogP contribution in [0.5, 0.6) is 0 Å². The van der Waals surface area contributed by atoms with Crippen LogP contribution in [-0.4, -0.2) is 66.8 Å². The van der Waals surface area contributed by atoms with Crippen molar-refractivity contribution >= 4 is 18.3 Å². The zero-order valence-corrected chi connectivity index (χ0v) is 12.9. The van der Waals surface area contributed by atoms with E-state index in [1.165, 1.54) is 9.80 Å². The van der Waals surface area contributed by atoms with Crippen LogP contribution < -0.4 is 5.73 Å². The maximum absolute atomic E-state index is 12.9. The zero-order valence-electron chi connectivity index (χ0n) is 12.1. The molecule has 1 rings (SSSR count). The number of piperazine rings is 1. The molecular formula is C12H22ClF4N3O. The minimum absolute atomic E-state index is 0. The molecule has 1 aliphatic rings. The molecule has 1 saturated heterocycles. The number of halogens is 5. The van der Waals surface area contributed by atoms with Crippen molar-refractivity contribution in [1.29, 1.82) is 0 Å². The van der Waals surface area contributed by atoms with Crippen molar-refractivity contribution < 1.29 is 22.4 Å². The largest absolute Gasteiger partial charge is 0.339 e. The van der Waals surface area contributed by atoms with Crippen molar-refractivity contribution in [3.63, 3.8) is 0 Å². The Balaban J connectivity index is 0.00000400. The van der Waals surface area contributed by atoms with E-state index >= 15 is 0 Å². The molecule has 1 heterocycles. The van der Waals surface area contributed by atoms with E-state index < -0.39 is 24.9 Å². The standard InChI is InChI=1S/C12H21F4N3O.ClH/c1-8(2)9(17)10(20)19-5-3-18(4-6-19)7-12(15,16)11(13)14;/h8-9,11H,3-7,17H2,1-2H3;1H/t9-;/m0./s1. The van der Waals surface area contributed by atoms with Gasteiger partial charge in [0.25, 0.3) is 0 Å². The van der Waals surface area contributed by atoms with Gasteiger partial charge in [-0.05, 0) is 5.92 Å². The van der Waals surface area contributed by atoms with Crippen molar-refractivity contribution in [2.75, 3.05) is 32.7 Å². The van der Waals surface area contributed by atoms with Crippen molar-refractivity contribution in [1.82, 2.24) is 9.80 Å². The zero-order chi connectivity index (χ0) is 15.5. The first-order valence-corrected chi connectivity index (χ1v) is 6.58. The lowest BCUT2D eigenvalue weighted by molar-refractivity contribution is -0.149. The molecule has 0 aliphatic carbocycles. The van der Waals surface area contributed by atoms with E-state index in [4.69, 9.17) is 5.73 Å². The van der Waals surface area contributed by atoms with Gasteiger partial charge in [-0.25, -0.2) is 8.78 Å². The van der Waals surface area contributed by atoms with Crippen molar-refractivity contribution in [3.05, 3.63) is 0 Å². The van der Waals surface area contributed by atoms with E-state index in [1.807, 2.05) is 13.8 Å². The van der Waals surface area contributed by atoms with Crippen molar-refractivity contribution in [2.24, 2.45) is 11.7 Å². The molecule has 0 aromatic rings. The highest BCUT2D eigenvalue weighted by atomic mass is 35.5. The molecule has 1 amide bonds. The first-order valence-electron chi connectivity index (χ1n) is 6.58. The molecule has 0 aromatic heterocycles. The second-order valence-electron chi connectivity index (χ2n) is 5.43. The molecule has 21 heavy (non-hydrogen) atoms. The van der Waals surface area contributed by atoms with Gasteiger partial charge in [0.05, 0.1) is 12.6 Å². The molecule has 0 unspecified atom stereocenters. The van der Waals surface area contributed by atoms with Crippen molar-refractivity contribution in [3.8, 4) is 0 Å². The van der Waals surface area contributed by atoms with Crippen LogP contribution in [0.2, 0.25) is 0 Å². The highest BCUT2D eigenvalue weighted by Gasteiger charge is 2.42. The summed E-state index contributed by atoms with van der Waals surface area (Å²) in [4.78, 5) is 14.7. The maximum Gasteiger partial charge on any atom is 0.319 e. The Hall–Kier alpha value is -0.600. The number of hydrogen-bond donors (Lipinski definition) is 1. The Morgan fingerprint density at radius 1 is 1.19 bits per heavy atom. The summed E-state index contributed by atoms with van der Waals surface area (Å²) >= 11 is 0. The predicted octanol–water partition coefficient (Wildman–Crippen LogP) is 1.44. The summed E-state index contributed by atoms with van der Waals surface area (Å²) in [6.07, 6.45) is -3.67. The van der Waals surface area contributed by atoms with Crippen LogP contribution in [0.3, 0.4) is 0 Å². The van der Waals surface area contributed by atoms with Crippen LogP contribution in [0.15, 0.2) is 0 Å². The van der Waals surface area contributed by atoms with Crippen LogP contribution >= 0.6 is 12.4 Å². The Morgan fingerprint density at radius 3 is 2.05 bits per heavy atom. The Morgan fingerprint density at radius 2 is 1.67 bits per heavy atom. The average Bonchev–Trinajstić information content (AvgIpc) is 2.37. The van der Waals surface area contributed by atoms with Gasteiger partial charge in [-0.3, -0.25) is 9.69 Å². The molecule has 0 saturated carbocycles. The molecule has 9 heteroatoms. The molecule has 0 aromatic carbocycles. The van der Waals surface area contributed by atoms with Crippen LogP contribution in [0.25, 0.3) is 0 Å². The fourth-order valence-electron chi connectivity index (χ4n) is 1.99. The molecule has 0 radical (unpaired) electrons. The minimum atomic E-state index is -4.01. The predicted molar refractivity (Wildman–Crippen MR) is 74.0 cm³/mol. The molecule has 4 nitrogen and oxygen atoms in total. The lowest BCUT2D eigenvalue weighted by Crippen LogP contribution is -2.56. The third-order valence-electron chi connectivity index (χ3n) is 3.44. The summed E-state index contributed by atoms with van der Waals surface area (Å²) in [7, 11) is 0. The normalized spacial score (nSPS) is 18.8. The van der Waals surface area contributed by atoms with Gasteiger partial charge in [-0.1, -0.05) is 13.8 Å². The Bertz CT molecular complexity index is 336. The summed E-state index contributed by atoms with van der Waals surface area (Å²) < 4.78 is 50.1. The summed E-state index contributed by atoms with van der Waals surface area (Å²) in [6, 6.07) is -0.621. The van der Waals surface area contributed by atoms with Gasteiger partial charge < -0.3 is 10.6 Å². The number of hydrogen-bond acceptors (Lipinski definition) is 3. The molecule has 0 spiro atoms. The average molecular weight is 336 g/mol. The molecule has 1 aliphatic heterocycles. The minimum Gasteiger partial charge on any atom is -0.339 e. The third kappa shape index (κ3) is 5.60. The Kier molecular flexibility index (Phi) is 7.91. The molecule has 1 atom stereocenters. The lowest BCUT2D eigenvalue weighted by atomic mass is 10.0. The summed E-state index contributed by atoms with van der Waals surface area (Å²) in [5.41, 5.74) is 5.74. The lowest BCUT2D eigenvalue weighted by Gasteiger charge is -2.37. The first-order chi connectivity index (χ1) is 9.15. The second-order valence-corrected chi connectivity index (χ2v) is 5.43. The van der Waals surface area contributed by atoms with Gasteiger partial charge in [0.2, 0.25) is 5.91 Å². The molecule has 0 bridgehead atoms. The number of alkyl halides is 4. The molecule has 2 N–H and O–H groups in total. The van der Waals surface area contributed by atoms with E-state index in [9.17, 15) is 22.4 Å². The van der Waals surface area contributed by atoms with E-state index in [1.54, 1.807) is 0 Å². The fraction of sp³-hybridized carbons (Fsp3) is 0.917. The van der Waals surface area contributed by atoms with Gasteiger partial charge >= 0.3 is 12.3 Å². The Labute approximate surface area is 128 Å². The van der Waals surface area contributed by atoms with E-state index in [0.29, 0.717) is 0 Å². The molecule has 126 valence electrons. The SMILES string of the molecule is CC(C)[C@H](N)C(=O)N1CCN(CC(F)(F)C(F)F)CC1.Cl. The van der Waals surface area contributed by atoms with Gasteiger partial charge in [0.15, 0.2) is 0 Å². The summed E-state index contributed by atoms with van der Waals surface area (Å²) in [5, 5.41) is 0. The van der Waals surface area contributed by atoms with Gasteiger partial charge in [0, 0.05) is 26.2 Å². The monoisotopic (exact) mass is 335 g/mol. The van der Waals surface area contributed by atoms with Crippen LogP contribution in [0.1, 0.15) is 13.8 Å². The number of amides is 1. The quantitative estimate of drug-likeness (QED) is 0.773. The van der Waals surface area contributed by atoms with Crippen LogP contribution in [0.4, 0.5) is 17.6 Å². The summed E-state index contributed by atoms with van der Waals surface area (Å²) in [6.45, 7) is 3.43. The second kappa shape index (κ2) is 8.14.